The summed E-state index contributed by atoms with van der Waals surface area (Å²) in [6.07, 6.45) is 1.76. The zero-order valence-corrected chi connectivity index (χ0v) is 11.0. The van der Waals surface area contributed by atoms with E-state index >= 15 is 0 Å². The summed E-state index contributed by atoms with van der Waals surface area (Å²) in [6.45, 7) is 1.26. The molecule has 0 saturated heterocycles. The van der Waals surface area contributed by atoms with Gasteiger partial charge in [-0.05, 0) is 12.1 Å². The minimum atomic E-state index is 0.578. The van der Waals surface area contributed by atoms with Gasteiger partial charge in [-0.3, -0.25) is 0 Å². The van der Waals surface area contributed by atoms with Gasteiger partial charge in [-0.15, -0.1) is 5.10 Å². The number of benzene rings is 2. The van der Waals surface area contributed by atoms with Crippen molar-refractivity contribution in [2.75, 3.05) is 18.5 Å². The van der Waals surface area contributed by atoms with E-state index in [1.807, 2.05) is 54.6 Å². The van der Waals surface area contributed by atoms with Gasteiger partial charge in [0.1, 0.15) is 12.4 Å². The first-order valence-electron chi connectivity index (χ1n) is 6.55. The third-order valence-electron chi connectivity index (χ3n) is 2.98. The standard InChI is InChI=1S/C16H15N3O/c1-2-7-14(8-3-1)20-11-10-17-16-15-9-5-4-6-13(15)12-18-19-16/h1-9,12H,10-11H2,(H,17,19). The number of ether oxygens (including phenoxy) is 1. The van der Waals surface area contributed by atoms with Crippen LogP contribution >= 0.6 is 0 Å². The van der Waals surface area contributed by atoms with Crippen LogP contribution in [0.25, 0.3) is 10.8 Å². The molecule has 0 fully saturated rings. The zero-order chi connectivity index (χ0) is 13.6. The lowest BCUT2D eigenvalue weighted by Crippen LogP contribution is -2.12. The van der Waals surface area contributed by atoms with E-state index in [0.29, 0.717) is 13.2 Å². The molecule has 0 atom stereocenters. The van der Waals surface area contributed by atoms with Crippen molar-refractivity contribution in [1.82, 2.24) is 10.2 Å². The SMILES string of the molecule is c1ccc(OCCNc2nncc3ccccc23)cc1. The molecular formula is C16H15N3O. The summed E-state index contributed by atoms with van der Waals surface area (Å²) in [6, 6.07) is 17.8. The molecule has 0 aliphatic rings. The quantitative estimate of drug-likeness (QED) is 0.720. The summed E-state index contributed by atoms with van der Waals surface area (Å²) in [4.78, 5) is 0. The molecule has 100 valence electrons. The molecule has 4 heteroatoms. The molecular weight excluding hydrogens is 250 g/mol. The average molecular weight is 265 g/mol. The highest BCUT2D eigenvalue weighted by molar-refractivity contribution is 5.90. The molecule has 2 aromatic carbocycles. The van der Waals surface area contributed by atoms with E-state index < -0.39 is 0 Å². The fourth-order valence-corrected chi connectivity index (χ4v) is 2.01. The van der Waals surface area contributed by atoms with E-state index in [-0.39, 0.29) is 0 Å². The van der Waals surface area contributed by atoms with Gasteiger partial charge in [0.25, 0.3) is 0 Å². The molecule has 1 N–H and O–H groups in total. The third-order valence-corrected chi connectivity index (χ3v) is 2.98. The van der Waals surface area contributed by atoms with Gasteiger partial charge < -0.3 is 10.1 Å². The van der Waals surface area contributed by atoms with Gasteiger partial charge in [0.05, 0.1) is 12.7 Å². The maximum atomic E-state index is 5.63. The lowest BCUT2D eigenvalue weighted by Gasteiger charge is -2.09. The van der Waals surface area contributed by atoms with Gasteiger partial charge in [-0.2, -0.15) is 5.10 Å². The van der Waals surface area contributed by atoms with Gasteiger partial charge in [0, 0.05) is 10.8 Å². The number of aromatic nitrogens is 2. The normalized spacial score (nSPS) is 10.4. The molecule has 0 aliphatic carbocycles. The molecule has 0 bridgehead atoms. The molecule has 0 radical (unpaired) electrons. The summed E-state index contributed by atoms with van der Waals surface area (Å²) in [5.74, 6) is 1.66. The zero-order valence-electron chi connectivity index (χ0n) is 11.0. The van der Waals surface area contributed by atoms with Crippen LogP contribution in [0.3, 0.4) is 0 Å². The Morgan fingerprint density at radius 3 is 2.65 bits per heavy atom. The summed E-state index contributed by atoms with van der Waals surface area (Å²) in [5.41, 5.74) is 0. The van der Waals surface area contributed by atoms with Crippen molar-refractivity contribution in [2.24, 2.45) is 0 Å². The number of rotatable bonds is 5. The van der Waals surface area contributed by atoms with Crippen molar-refractivity contribution in [2.45, 2.75) is 0 Å². The predicted octanol–water partition coefficient (Wildman–Crippen LogP) is 3.12. The minimum absolute atomic E-state index is 0.578. The number of hydrogen-bond acceptors (Lipinski definition) is 4. The molecule has 20 heavy (non-hydrogen) atoms. The lowest BCUT2D eigenvalue weighted by molar-refractivity contribution is 0.333. The molecule has 3 rings (SSSR count). The number of para-hydroxylation sites is 1. The number of fused-ring (bicyclic) bond motifs is 1. The smallest absolute Gasteiger partial charge is 0.156 e. The van der Waals surface area contributed by atoms with Gasteiger partial charge in [0.15, 0.2) is 5.82 Å². The van der Waals surface area contributed by atoms with Crippen LogP contribution in [0.4, 0.5) is 5.82 Å². The highest BCUT2D eigenvalue weighted by Crippen LogP contribution is 2.18. The maximum absolute atomic E-state index is 5.63. The third kappa shape index (κ3) is 2.85. The number of nitrogens with one attached hydrogen (secondary N) is 1. The first-order valence-corrected chi connectivity index (χ1v) is 6.55. The maximum Gasteiger partial charge on any atom is 0.156 e. The molecule has 0 amide bonds. The fraction of sp³-hybridized carbons (Fsp3) is 0.125. The average Bonchev–Trinajstić information content (AvgIpc) is 2.53. The van der Waals surface area contributed by atoms with Crippen LogP contribution in [-0.4, -0.2) is 23.3 Å². The van der Waals surface area contributed by atoms with Crippen LogP contribution < -0.4 is 10.1 Å². The molecule has 0 spiro atoms. The van der Waals surface area contributed by atoms with Crippen LogP contribution in [0.5, 0.6) is 5.75 Å². The Morgan fingerprint density at radius 2 is 1.75 bits per heavy atom. The first-order chi connectivity index (χ1) is 9.93. The Kier molecular flexibility index (Phi) is 3.73. The van der Waals surface area contributed by atoms with Crippen LogP contribution in [0, 0.1) is 0 Å². The fourth-order valence-electron chi connectivity index (χ4n) is 2.01. The molecule has 0 aliphatic heterocycles. The van der Waals surface area contributed by atoms with Crippen molar-refractivity contribution < 1.29 is 4.74 Å². The Labute approximate surface area is 117 Å². The molecule has 1 heterocycles. The number of nitrogens with zero attached hydrogens (tertiary/aromatic N) is 2. The van der Waals surface area contributed by atoms with E-state index in [9.17, 15) is 0 Å². The number of hydrogen-bond donors (Lipinski definition) is 1. The Hall–Kier alpha value is -2.62. The highest BCUT2D eigenvalue weighted by Gasteiger charge is 2.01. The van der Waals surface area contributed by atoms with Gasteiger partial charge in [0.2, 0.25) is 0 Å². The lowest BCUT2D eigenvalue weighted by atomic mass is 10.2. The van der Waals surface area contributed by atoms with Gasteiger partial charge >= 0.3 is 0 Å². The van der Waals surface area contributed by atoms with E-state index in [1.165, 1.54) is 0 Å². The predicted molar refractivity (Wildman–Crippen MR) is 80.0 cm³/mol. The second-order valence-electron chi connectivity index (χ2n) is 4.37. The Morgan fingerprint density at radius 1 is 0.950 bits per heavy atom. The Bertz CT molecular complexity index is 680. The molecule has 4 nitrogen and oxygen atoms in total. The van der Waals surface area contributed by atoms with E-state index in [4.69, 9.17) is 4.74 Å². The van der Waals surface area contributed by atoms with Crippen LogP contribution in [0.1, 0.15) is 0 Å². The molecule has 3 aromatic rings. The monoisotopic (exact) mass is 265 g/mol. The summed E-state index contributed by atoms with van der Waals surface area (Å²) < 4.78 is 5.63. The van der Waals surface area contributed by atoms with Crippen molar-refractivity contribution in [3.05, 3.63) is 60.8 Å². The van der Waals surface area contributed by atoms with Gasteiger partial charge in [-0.1, -0.05) is 42.5 Å². The Balaban J connectivity index is 1.60. The van der Waals surface area contributed by atoms with E-state index in [0.717, 1.165) is 22.3 Å². The number of anilines is 1. The van der Waals surface area contributed by atoms with Crippen molar-refractivity contribution in [1.29, 1.82) is 0 Å². The van der Waals surface area contributed by atoms with Crippen molar-refractivity contribution >= 4 is 16.6 Å². The summed E-state index contributed by atoms with van der Waals surface area (Å²) in [7, 11) is 0. The van der Waals surface area contributed by atoms with E-state index in [2.05, 4.69) is 15.5 Å². The second-order valence-corrected chi connectivity index (χ2v) is 4.37. The molecule has 0 unspecified atom stereocenters. The van der Waals surface area contributed by atoms with Crippen LogP contribution in [-0.2, 0) is 0 Å². The van der Waals surface area contributed by atoms with Crippen LogP contribution in [0.15, 0.2) is 60.8 Å². The van der Waals surface area contributed by atoms with Crippen molar-refractivity contribution in [3.8, 4) is 5.75 Å². The second kappa shape index (κ2) is 6.02. The summed E-state index contributed by atoms with van der Waals surface area (Å²) in [5, 5.41) is 13.5. The van der Waals surface area contributed by atoms with E-state index in [1.54, 1.807) is 6.20 Å². The highest BCUT2D eigenvalue weighted by atomic mass is 16.5. The first kappa shape index (κ1) is 12.4. The molecule has 1 aromatic heterocycles. The van der Waals surface area contributed by atoms with Crippen LogP contribution in [0.2, 0.25) is 0 Å². The van der Waals surface area contributed by atoms with Gasteiger partial charge in [-0.25, -0.2) is 0 Å². The molecule has 0 saturated carbocycles. The van der Waals surface area contributed by atoms with Crippen molar-refractivity contribution in [3.63, 3.8) is 0 Å². The summed E-state index contributed by atoms with van der Waals surface area (Å²) >= 11 is 0. The largest absolute Gasteiger partial charge is 0.492 e. The topological polar surface area (TPSA) is 47.0 Å². The minimum Gasteiger partial charge on any atom is -0.492 e.